The van der Waals surface area contributed by atoms with Gasteiger partial charge >= 0.3 is 0 Å². The second-order valence-electron chi connectivity index (χ2n) is 6.53. The number of anilines is 1. The molecule has 1 amide bonds. The molecule has 9 nitrogen and oxygen atoms in total. The Bertz CT molecular complexity index is 1050. The highest BCUT2D eigenvalue weighted by molar-refractivity contribution is 6.33. The maximum absolute atomic E-state index is 12.9. The first-order valence-corrected chi connectivity index (χ1v) is 9.34. The zero-order valence-electron chi connectivity index (χ0n) is 15.3. The highest BCUT2D eigenvalue weighted by atomic mass is 35.5. The predicted octanol–water partition coefficient (Wildman–Crippen LogP) is 2.79. The van der Waals surface area contributed by atoms with Gasteiger partial charge in [-0.05, 0) is 24.3 Å². The molecule has 1 aromatic heterocycles. The number of nitro benzene ring substituents is 1. The Morgan fingerprint density at radius 2 is 1.83 bits per heavy atom. The number of amides is 1. The van der Waals surface area contributed by atoms with Gasteiger partial charge in [0.2, 0.25) is 0 Å². The van der Waals surface area contributed by atoms with Gasteiger partial charge in [0.15, 0.2) is 0 Å². The Hall–Kier alpha value is -3.46. The zero-order chi connectivity index (χ0) is 20.4. The summed E-state index contributed by atoms with van der Waals surface area (Å²) >= 11 is 6.26. The van der Waals surface area contributed by atoms with Crippen molar-refractivity contribution in [2.45, 2.75) is 0 Å². The normalized spacial score (nSPS) is 14.1. The molecule has 29 heavy (non-hydrogen) atoms. The maximum Gasteiger partial charge on any atom is 0.295 e. The van der Waals surface area contributed by atoms with E-state index in [1.807, 2.05) is 24.3 Å². The van der Waals surface area contributed by atoms with E-state index >= 15 is 0 Å². The van der Waals surface area contributed by atoms with Crippen LogP contribution in [0.5, 0.6) is 0 Å². The van der Waals surface area contributed by atoms with Crippen molar-refractivity contribution in [2.75, 3.05) is 31.1 Å². The molecule has 0 atom stereocenters. The van der Waals surface area contributed by atoms with Gasteiger partial charge in [-0.15, -0.1) is 0 Å². The molecule has 0 saturated carbocycles. The minimum Gasteiger partial charge on any atom is -0.367 e. The zero-order valence-corrected chi connectivity index (χ0v) is 16.1. The van der Waals surface area contributed by atoms with Crippen molar-refractivity contribution in [1.82, 2.24) is 19.7 Å². The smallest absolute Gasteiger partial charge is 0.295 e. The minimum absolute atomic E-state index is 0.198. The molecule has 2 heterocycles. The Balaban J connectivity index is 1.51. The summed E-state index contributed by atoms with van der Waals surface area (Å²) in [5.41, 5.74) is 1.27. The average Bonchev–Trinajstić information content (AvgIpc) is 3.28. The largest absolute Gasteiger partial charge is 0.367 e. The third kappa shape index (κ3) is 3.77. The van der Waals surface area contributed by atoms with Crippen LogP contribution >= 0.6 is 11.6 Å². The lowest BCUT2D eigenvalue weighted by molar-refractivity contribution is -0.384. The van der Waals surface area contributed by atoms with Crippen molar-refractivity contribution < 1.29 is 9.72 Å². The average molecular weight is 413 g/mol. The molecule has 0 N–H and O–H groups in total. The molecule has 1 fully saturated rings. The molecule has 1 saturated heterocycles. The molecule has 0 unspecified atom stereocenters. The van der Waals surface area contributed by atoms with Gasteiger partial charge in [-0.3, -0.25) is 14.9 Å². The highest BCUT2D eigenvalue weighted by Crippen LogP contribution is 2.27. The van der Waals surface area contributed by atoms with Crippen LogP contribution in [0.25, 0.3) is 5.69 Å². The van der Waals surface area contributed by atoms with Crippen molar-refractivity contribution in [3.8, 4) is 5.69 Å². The summed E-state index contributed by atoms with van der Waals surface area (Å²) in [6.45, 7) is 2.27. The van der Waals surface area contributed by atoms with Crippen LogP contribution in [-0.4, -0.2) is 56.7 Å². The van der Waals surface area contributed by atoms with Crippen molar-refractivity contribution in [3.05, 3.63) is 75.8 Å². The highest BCUT2D eigenvalue weighted by Gasteiger charge is 2.26. The molecule has 10 heteroatoms. The van der Waals surface area contributed by atoms with Crippen molar-refractivity contribution in [1.29, 1.82) is 0 Å². The third-order valence-electron chi connectivity index (χ3n) is 4.84. The number of nitro groups is 1. The number of rotatable bonds is 4. The molecular formula is C19H17ClN6O3. The fraction of sp³-hybridized carbons (Fsp3) is 0.211. The number of hydrogen-bond donors (Lipinski definition) is 0. The summed E-state index contributed by atoms with van der Waals surface area (Å²) in [5, 5.41) is 16.1. The molecule has 1 aliphatic rings. The summed E-state index contributed by atoms with van der Waals surface area (Å²) in [4.78, 5) is 31.5. The number of aromatic nitrogens is 3. The molecule has 3 aromatic rings. The van der Waals surface area contributed by atoms with Crippen LogP contribution in [0, 0.1) is 10.1 Å². The van der Waals surface area contributed by atoms with Crippen LogP contribution in [0.2, 0.25) is 5.02 Å². The molecule has 4 rings (SSSR count). The number of hydrogen-bond acceptors (Lipinski definition) is 6. The summed E-state index contributed by atoms with van der Waals surface area (Å²) in [7, 11) is 0. The molecule has 0 bridgehead atoms. The van der Waals surface area contributed by atoms with E-state index in [0.717, 1.165) is 5.69 Å². The Labute approximate surface area is 171 Å². The summed E-state index contributed by atoms with van der Waals surface area (Å²) in [6.07, 6.45) is 2.67. The Morgan fingerprint density at radius 3 is 2.48 bits per heavy atom. The number of halogens is 1. The van der Waals surface area contributed by atoms with E-state index in [1.54, 1.807) is 11.0 Å². The van der Waals surface area contributed by atoms with Gasteiger partial charge in [0.25, 0.3) is 11.6 Å². The molecule has 148 valence electrons. The minimum atomic E-state index is -0.525. The fourth-order valence-electron chi connectivity index (χ4n) is 3.37. The van der Waals surface area contributed by atoms with Gasteiger partial charge < -0.3 is 9.80 Å². The second kappa shape index (κ2) is 7.88. The summed E-state index contributed by atoms with van der Waals surface area (Å²) < 4.78 is 1.30. The first-order chi connectivity index (χ1) is 14.0. The van der Waals surface area contributed by atoms with E-state index in [1.165, 1.54) is 29.5 Å². The van der Waals surface area contributed by atoms with E-state index in [-0.39, 0.29) is 22.8 Å². The quantitative estimate of drug-likeness (QED) is 0.482. The van der Waals surface area contributed by atoms with Gasteiger partial charge in [-0.1, -0.05) is 23.7 Å². The number of para-hydroxylation sites is 1. The van der Waals surface area contributed by atoms with E-state index in [0.29, 0.717) is 31.2 Å². The molecule has 1 aliphatic heterocycles. The van der Waals surface area contributed by atoms with Crippen LogP contribution < -0.4 is 4.90 Å². The van der Waals surface area contributed by atoms with E-state index in [9.17, 15) is 14.9 Å². The number of benzene rings is 2. The first kappa shape index (κ1) is 18.9. The van der Waals surface area contributed by atoms with Gasteiger partial charge in [0.05, 0.1) is 15.6 Å². The van der Waals surface area contributed by atoms with Crippen molar-refractivity contribution in [3.63, 3.8) is 0 Å². The Kier molecular flexibility index (Phi) is 5.13. The lowest BCUT2D eigenvalue weighted by Crippen LogP contribution is -2.48. The SMILES string of the molecule is O=C(c1ccc(-n2cncn2)c([N+](=O)[O-])c1)N1CCN(c2ccccc2Cl)CC1. The van der Waals surface area contributed by atoms with E-state index in [4.69, 9.17) is 11.6 Å². The van der Waals surface area contributed by atoms with Crippen LogP contribution in [0.15, 0.2) is 55.1 Å². The summed E-state index contributed by atoms with van der Waals surface area (Å²) in [6, 6.07) is 12.0. The monoisotopic (exact) mass is 412 g/mol. The molecule has 2 aromatic carbocycles. The molecule has 0 radical (unpaired) electrons. The van der Waals surface area contributed by atoms with E-state index in [2.05, 4.69) is 15.0 Å². The maximum atomic E-state index is 12.9. The summed E-state index contributed by atoms with van der Waals surface area (Å²) in [5.74, 6) is -0.239. The van der Waals surface area contributed by atoms with E-state index < -0.39 is 4.92 Å². The van der Waals surface area contributed by atoms with Crippen molar-refractivity contribution >= 4 is 28.9 Å². The number of piperazine rings is 1. The lowest BCUT2D eigenvalue weighted by atomic mass is 10.1. The lowest BCUT2D eigenvalue weighted by Gasteiger charge is -2.36. The van der Waals surface area contributed by atoms with Crippen molar-refractivity contribution in [2.24, 2.45) is 0 Å². The van der Waals surface area contributed by atoms with Crippen LogP contribution in [0.4, 0.5) is 11.4 Å². The Morgan fingerprint density at radius 1 is 1.07 bits per heavy atom. The van der Waals surface area contributed by atoms with Crippen LogP contribution in [0.1, 0.15) is 10.4 Å². The number of carbonyl (C=O) groups is 1. The van der Waals surface area contributed by atoms with Gasteiger partial charge in [-0.2, -0.15) is 5.10 Å². The fourth-order valence-corrected chi connectivity index (χ4v) is 3.63. The topological polar surface area (TPSA) is 97.4 Å². The standard InChI is InChI=1S/C19H17ClN6O3/c20-15-3-1-2-4-16(15)23-7-9-24(10-8-23)19(27)14-5-6-17(18(11-14)26(28)29)25-13-21-12-22-25/h1-6,11-13H,7-10H2. The number of nitrogens with zero attached hydrogens (tertiary/aromatic N) is 6. The van der Waals surface area contributed by atoms with Gasteiger partial charge in [-0.25, -0.2) is 9.67 Å². The predicted molar refractivity (Wildman–Crippen MR) is 108 cm³/mol. The van der Waals surface area contributed by atoms with Gasteiger partial charge in [0.1, 0.15) is 18.3 Å². The molecular weight excluding hydrogens is 396 g/mol. The van der Waals surface area contributed by atoms with Crippen LogP contribution in [0.3, 0.4) is 0 Å². The third-order valence-corrected chi connectivity index (χ3v) is 5.16. The number of carbonyl (C=O) groups excluding carboxylic acids is 1. The molecule has 0 spiro atoms. The second-order valence-corrected chi connectivity index (χ2v) is 6.94. The first-order valence-electron chi connectivity index (χ1n) is 8.97. The van der Waals surface area contributed by atoms with Gasteiger partial charge in [0, 0.05) is 37.8 Å². The van der Waals surface area contributed by atoms with Crippen LogP contribution in [-0.2, 0) is 0 Å². The molecule has 0 aliphatic carbocycles.